The van der Waals surface area contributed by atoms with Crippen molar-refractivity contribution in [1.82, 2.24) is 9.97 Å². The number of aromatic amines is 2. The van der Waals surface area contributed by atoms with Gasteiger partial charge in [0.2, 0.25) is 5.88 Å². The van der Waals surface area contributed by atoms with Crippen molar-refractivity contribution in [2.45, 2.75) is 0 Å². The zero-order chi connectivity index (χ0) is 15.4. The Balaban J connectivity index is 2.47. The summed E-state index contributed by atoms with van der Waals surface area (Å²) in [5, 5.41) is 9.69. The highest BCUT2D eigenvalue weighted by atomic mass is 32.1. The number of nitrogens with one attached hydrogen (secondary N) is 2. The minimum atomic E-state index is -0.540. The molecule has 0 saturated heterocycles. The maximum Gasteiger partial charge on any atom is 0.264 e. The fourth-order valence-electron chi connectivity index (χ4n) is 1.64. The van der Waals surface area contributed by atoms with Crippen LogP contribution < -0.4 is 15.0 Å². The Morgan fingerprint density at radius 2 is 2.05 bits per heavy atom. The molecule has 0 spiro atoms. The van der Waals surface area contributed by atoms with E-state index in [1.54, 1.807) is 18.2 Å². The second-order valence-corrected chi connectivity index (χ2v) is 4.37. The Morgan fingerprint density at radius 3 is 2.67 bits per heavy atom. The zero-order valence-electron chi connectivity index (χ0n) is 11.3. The first-order valence-corrected chi connectivity index (χ1v) is 6.27. The maximum atomic E-state index is 11.7. The number of methoxy groups -OCH3 is 2. The zero-order valence-corrected chi connectivity index (χ0v) is 12.2. The van der Waals surface area contributed by atoms with E-state index in [-0.39, 0.29) is 16.2 Å². The fourth-order valence-corrected chi connectivity index (χ4v) is 1.83. The lowest BCUT2D eigenvalue weighted by molar-refractivity contribution is 0.404. The third-order valence-electron chi connectivity index (χ3n) is 2.68. The standard InChI is InChI=1S/C13H13N3O4S/c1-19-7-3-4-10(20-2)9(5-7)14-6-8-11(17)15-13(21)16-12(8)18/h3-6H,1-2H3,(H3,15,16,17,18,21). The first kappa shape index (κ1) is 14.8. The van der Waals surface area contributed by atoms with Crippen LogP contribution in [0.5, 0.6) is 17.4 Å². The van der Waals surface area contributed by atoms with E-state index in [2.05, 4.69) is 15.0 Å². The highest BCUT2D eigenvalue weighted by Gasteiger charge is 2.07. The highest BCUT2D eigenvalue weighted by Crippen LogP contribution is 2.31. The predicted octanol–water partition coefficient (Wildman–Crippen LogP) is 1.91. The fraction of sp³-hybridized carbons (Fsp3) is 0.154. The number of rotatable bonds is 4. The summed E-state index contributed by atoms with van der Waals surface area (Å²) in [6, 6.07) is 5.06. The van der Waals surface area contributed by atoms with Crippen LogP contribution in [0.1, 0.15) is 5.56 Å². The van der Waals surface area contributed by atoms with E-state index in [1.807, 2.05) is 0 Å². The number of aromatic nitrogens is 2. The van der Waals surface area contributed by atoms with Gasteiger partial charge in [0, 0.05) is 12.3 Å². The monoisotopic (exact) mass is 307 g/mol. The molecule has 21 heavy (non-hydrogen) atoms. The molecule has 1 heterocycles. The van der Waals surface area contributed by atoms with E-state index in [1.165, 1.54) is 20.4 Å². The molecule has 0 aliphatic rings. The van der Waals surface area contributed by atoms with E-state index < -0.39 is 5.56 Å². The van der Waals surface area contributed by atoms with Crippen LogP contribution in [0.25, 0.3) is 0 Å². The topological polar surface area (TPSA) is 99.7 Å². The molecule has 8 heteroatoms. The van der Waals surface area contributed by atoms with Crippen molar-refractivity contribution in [2.75, 3.05) is 14.2 Å². The van der Waals surface area contributed by atoms with Crippen LogP contribution in [0, 0.1) is 4.77 Å². The molecule has 7 nitrogen and oxygen atoms in total. The summed E-state index contributed by atoms with van der Waals surface area (Å²) in [6.07, 6.45) is 1.22. The number of aliphatic imine (C=N–C) groups is 1. The average molecular weight is 307 g/mol. The Hall–Kier alpha value is -2.61. The lowest BCUT2D eigenvalue weighted by Gasteiger charge is -2.06. The van der Waals surface area contributed by atoms with Crippen LogP contribution in [-0.4, -0.2) is 35.5 Å². The summed E-state index contributed by atoms with van der Waals surface area (Å²) in [7, 11) is 3.04. The van der Waals surface area contributed by atoms with Gasteiger partial charge in [-0.3, -0.25) is 14.8 Å². The SMILES string of the molecule is COc1ccc(OC)c(N=Cc2c(O)[nH]c(=S)[nH]c2=O)c1. The van der Waals surface area contributed by atoms with Gasteiger partial charge in [0.15, 0.2) is 4.77 Å². The summed E-state index contributed by atoms with van der Waals surface area (Å²) in [5.41, 5.74) is -0.117. The van der Waals surface area contributed by atoms with Crippen LogP contribution in [0.3, 0.4) is 0 Å². The van der Waals surface area contributed by atoms with Crippen molar-refractivity contribution in [3.63, 3.8) is 0 Å². The second kappa shape index (κ2) is 6.23. The molecule has 3 N–H and O–H groups in total. The Labute approximate surface area is 124 Å². The first-order valence-electron chi connectivity index (χ1n) is 5.87. The number of H-pyrrole nitrogens is 2. The van der Waals surface area contributed by atoms with Gasteiger partial charge in [-0.25, -0.2) is 0 Å². The molecular formula is C13H13N3O4S. The molecule has 0 fully saturated rings. The van der Waals surface area contributed by atoms with Gasteiger partial charge < -0.3 is 19.6 Å². The Morgan fingerprint density at radius 1 is 1.29 bits per heavy atom. The maximum absolute atomic E-state index is 11.7. The minimum absolute atomic E-state index is 0.0338. The van der Waals surface area contributed by atoms with E-state index in [0.29, 0.717) is 17.2 Å². The molecule has 2 aromatic rings. The second-order valence-electron chi connectivity index (χ2n) is 3.97. The van der Waals surface area contributed by atoms with E-state index in [4.69, 9.17) is 21.7 Å². The number of nitrogens with zero attached hydrogens (tertiary/aromatic N) is 1. The molecule has 2 rings (SSSR count). The van der Waals surface area contributed by atoms with Gasteiger partial charge in [-0.05, 0) is 24.4 Å². The smallest absolute Gasteiger partial charge is 0.264 e. The molecule has 0 radical (unpaired) electrons. The summed E-state index contributed by atoms with van der Waals surface area (Å²) in [6.45, 7) is 0. The van der Waals surface area contributed by atoms with Crippen LogP contribution >= 0.6 is 12.2 Å². The number of ether oxygens (including phenoxy) is 2. The third-order valence-corrected chi connectivity index (χ3v) is 2.88. The van der Waals surface area contributed by atoms with Crippen LogP contribution in [0.2, 0.25) is 0 Å². The lowest BCUT2D eigenvalue weighted by atomic mass is 10.2. The number of benzene rings is 1. The van der Waals surface area contributed by atoms with Gasteiger partial charge in [-0.2, -0.15) is 0 Å². The molecule has 0 bridgehead atoms. The van der Waals surface area contributed by atoms with Crippen molar-refractivity contribution < 1.29 is 14.6 Å². The average Bonchev–Trinajstić information content (AvgIpc) is 2.45. The molecule has 1 aromatic carbocycles. The van der Waals surface area contributed by atoms with Gasteiger partial charge >= 0.3 is 0 Å². The van der Waals surface area contributed by atoms with E-state index in [0.717, 1.165) is 0 Å². The summed E-state index contributed by atoms with van der Waals surface area (Å²) >= 11 is 4.74. The van der Waals surface area contributed by atoms with E-state index in [9.17, 15) is 9.90 Å². The van der Waals surface area contributed by atoms with Crippen LogP contribution in [-0.2, 0) is 0 Å². The van der Waals surface area contributed by atoms with Crippen LogP contribution in [0.4, 0.5) is 5.69 Å². The molecule has 110 valence electrons. The molecule has 0 saturated carbocycles. The normalized spacial score (nSPS) is 10.8. The Bertz CT molecular complexity index is 795. The quantitative estimate of drug-likeness (QED) is 0.592. The summed E-state index contributed by atoms with van der Waals surface area (Å²) in [5.74, 6) is 0.745. The van der Waals surface area contributed by atoms with Crippen LogP contribution in [0.15, 0.2) is 28.0 Å². The highest BCUT2D eigenvalue weighted by molar-refractivity contribution is 7.71. The summed E-state index contributed by atoms with van der Waals surface area (Å²) < 4.78 is 10.3. The largest absolute Gasteiger partial charge is 0.497 e. The Kier molecular flexibility index (Phi) is 4.39. The lowest BCUT2D eigenvalue weighted by Crippen LogP contribution is -2.13. The molecule has 0 unspecified atom stereocenters. The van der Waals surface area contributed by atoms with Gasteiger partial charge in [0.1, 0.15) is 22.7 Å². The first-order chi connectivity index (χ1) is 10.0. The van der Waals surface area contributed by atoms with Gasteiger partial charge in [0.05, 0.1) is 14.2 Å². The van der Waals surface area contributed by atoms with Crippen molar-refractivity contribution in [3.05, 3.63) is 38.9 Å². The number of aromatic hydroxyl groups is 1. The number of hydrogen-bond acceptors (Lipinski definition) is 6. The van der Waals surface area contributed by atoms with Crippen molar-refractivity contribution in [1.29, 1.82) is 0 Å². The molecule has 0 aliphatic carbocycles. The molecule has 0 atom stereocenters. The molecule has 1 aromatic heterocycles. The molecule has 0 amide bonds. The van der Waals surface area contributed by atoms with Gasteiger partial charge in [-0.15, -0.1) is 0 Å². The third kappa shape index (κ3) is 3.29. The predicted molar refractivity (Wildman–Crippen MR) is 80.7 cm³/mol. The molecule has 0 aliphatic heterocycles. The van der Waals surface area contributed by atoms with Crippen molar-refractivity contribution in [2.24, 2.45) is 4.99 Å². The minimum Gasteiger partial charge on any atom is -0.497 e. The van der Waals surface area contributed by atoms with Crippen molar-refractivity contribution in [3.8, 4) is 17.4 Å². The van der Waals surface area contributed by atoms with E-state index >= 15 is 0 Å². The van der Waals surface area contributed by atoms with Gasteiger partial charge in [-0.1, -0.05) is 0 Å². The van der Waals surface area contributed by atoms with Crippen molar-refractivity contribution >= 4 is 24.1 Å². The summed E-state index contributed by atoms with van der Waals surface area (Å²) in [4.78, 5) is 20.7. The molecular weight excluding hydrogens is 294 g/mol. The van der Waals surface area contributed by atoms with Gasteiger partial charge in [0.25, 0.3) is 5.56 Å². The number of hydrogen-bond donors (Lipinski definition) is 3.